The largest absolute Gasteiger partial charge is 0.416 e. The minimum atomic E-state index is -4.38. The van der Waals surface area contributed by atoms with Crippen molar-refractivity contribution >= 4 is 10.2 Å². The first kappa shape index (κ1) is 13.3. The first-order valence-corrected chi connectivity index (χ1v) is 6.55. The van der Waals surface area contributed by atoms with Crippen LogP contribution in [0.2, 0.25) is 0 Å². The Morgan fingerprint density at radius 1 is 1.28 bits per heavy atom. The molecule has 100 valence electrons. The van der Waals surface area contributed by atoms with Crippen LogP contribution in [0, 0.1) is 0 Å². The number of nitrogens with one attached hydrogen (secondary N) is 1. The molecule has 0 saturated carbocycles. The molecule has 0 spiro atoms. The van der Waals surface area contributed by atoms with Gasteiger partial charge in [-0.05, 0) is 17.7 Å². The predicted molar refractivity (Wildman–Crippen MR) is 58.9 cm³/mol. The zero-order valence-corrected chi connectivity index (χ0v) is 10.2. The average Bonchev–Trinajstić information content (AvgIpc) is 2.53. The Bertz CT molecular complexity index is 539. The summed E-state index contributed by atoms with van der Waals surface area (Å²) in [5.74, 6) is 0. The van der Waals surface area contributed by atoms with Crippen LogP contribution in [0.25, 0.3) is 0 Å². The number of rotatable bonds is 1. The van der Waals surface area contributed by atoms with Gasteiger partial charge in [0.25, 0.3) is 10.2 Å². The number of hydrogen-bond acceptors (Lipinski definition) is 2. The second-order valence-corrected chi connectivity index (χ2v) is 5.88. The van der Waals surface area contributed by atoms with Gasteiger partial charge in [0, 0.05) is 13.6 Å². The SMILES string of the molecule is CN1C[C@H](c2ccc(C(F)(F)F)cc2)NS1(=O)=O. The molecule has 0 aromatic heterocycles. The van der Waals surface area contributed by atoms with E-state index in [1.54, 1.807) is 0 Å². The summed E-state index contributed by atoms with van der Waals surface area (Å²) in [5, 5.41) is 0. The molecular weight excluding hydrogens is 269 g/mol. The molecule has 0 aliphatic carbocycles. The molecule has 0 bridgehead atoms. The zero-order chi connectivity index (χ0) is 13.6. The van der Waals surface area contributed by atoms with Crippen LogP contribution in [0.4, 0.5) is 13.2 Å². The molecule has 0 unspecified atom stereocenters. The molecular formula is C10H11F3N2O2S. The summed E-state index contributed by atoms with van der Waals surface area (Å²) < 4.78 is 63.4. The quantitative estimate of drug-likeness (QED) is 0.848. The van der Waals surface area contributed by atoms with Gasteiger partial charge in [-0.2, -0.15) is 30.6 Å². The van der Waals surface area contributed by atoms with E-state index in [0.29, 0.717) is 5.56 Å². The van der Waals surface area contributed by atoms with Crippen LogP contribution in [0.5, 0.6) is 0 Å². The zero-order valence-electron chi connectivity index (χ0n) is 9.40. The smallest absolute Gasteiger partial charge is 0.195 e. The lowest BCUT2D eigenvalue weighted by Gasteiger charge is -2.11. The van der Waals surface area contributed by atoms with E-state index in [9.17, 15) is 21.6 Å². The molecule has 1 N–H and O–H groups in total. The normalized spacial score (nSPS) is 24.3. The Kier molecular flexibility index (Phi) is 3.12. The lowest BCUT2D eigenvalue weighted by Crippen LogP contribution is -2.25. The van der Waals surface area contributed by atoms with Gasteiger partial charge in [0.05, 0.1) is 11.6 Å². The molecule has 2 rings (SSSR count). The molecule has 0 amide bonds. The van der Waals surface area contributed by atoms with Crippen LogP contribution in [0.3, 0.4) is 0 Å². The highest BCUT2D eigenvalue weighted by Crippen LogP contribution is 2.30. The lowest BCUT2D eigenvalue weighted by molar-refractivity contribution is -0.137. The van der Waals surface area contributed by atoms with Gasteiger partial charge in [0.15, 0.2) is 0 Å². The van der Waals surface area contributed by atoms with Crippen molar-refractivity contribution in [1.82, 2.24) is 9.03 Å². The maximum atomic E-state index is 12.4. The first-order chi connectivity index (χ1) is 8.20. The van der Waals surface area contributed by atoms with Crippen LogP contribution in [0.1, 0.15) is 17.2 Å². The Balaban J connectivity index is 2.22. The van der Waals surface area contributed by atoms with Crippen molar-refractivity contribution in [2.75, 3.05) is 13.6 Å². The third kappa shape index (κ3) is 2.50. The third-order valence-corrected chi connectivity index (χ3v) is 4.33. The fourth-order valence-corrected chi connectivity index (χ4v) is 2.84. The van der Waals surface area contributed by atoms with Crippen molar-refractivity contribution < 1.29 is 21.6 Å². The minimum Gasteiger partial charge on any atom is -0.195 e. The Labute approximate surface area is 103 Å². The number of nitrogens with zero attached hydrogens (tertiary/aromatic N) is 1. The molecule has 1 heterocycles. The first-order valence-electron chi connectivity index (χ1n) is 5.11. The summed E-state index contributed by atoms with van der Waals surface area (Å²) in [4.78, 5) is 0. The van der Waals surface area contributed by atoms with Gasteiger partial charge >= 0.3 is 6.18 Å². The summed E-state index contributed by atoms with van der Waals surface area (Å²) in [7, 11) is -2.09. The van der Waals surface area contributed by atoms with Crippen LogP contribution < -0.4 is 4.72 Å². The Morgan fingerprint density at radius 3 is 2.22 bits per heavy atom. The fourth-order valence-electron chi connectivity index (χ4n) is 1.74. The summed E-state index contributed by atoms with van der Waals surface area (Å²) in [6.07, 6.45) is -4.38. The summed E-state index contributed by atoms with van der Waals surface area (Å²) in [5.41, 5.74) is -0.239. The van der Waals surface area contributed by atoms with Crippen LogP contribution >= 0.6 is 0 Å². The maximum absolute atomic E-state index is 12.4. The standard InChI is InChI=1S/C10H11F3N2O2S/c1-15-6-9(14-18(15,16)17)7-2-4-8(5-3-7)10(11,12)13/h2-5,9,14H,6H2,1H3/t9-/m1/s1. The van der Waals surface area contributed by atoms with Crippen LogP contribution in [-0.4, -0.2) is 26.3 Å². The highest BCUT2D eigenvalue weighted by atomic mass is 32.2. The van der Waals surface area contributed by atoms with Gasteiger partial charge in [-0.15, -0.1) is 0 Å². The molecule has 1 aliphatic rings. The van der Waals surface area contributed by atoms with Crippen molar-refractivity contribution in [3.05, 3.63) is 35.4 Å². The molecule has 1 saturated heterocycles. The van der Waals surface area contributed by atoms with Crippen molar-refractivity contribution in [2.24, 2.45) is 0 Å². The number of halogens is 3. The van der Waals surface area contributed by atoms with Gasteiger partial charge in [-0.25, -0.2) is 0 Å². The predicted octanol–water partition coefficient (Wildman–Crippen LogP) is 1.53. The van der Waals surface area contributed by atoms with E-state index in [4.69, 9.17) is 0 Å². The molecule has 18 heavy (non-hydrogen) atoms. The fraction of sp³-hybridized carbons (Fsp3) is 0.400. The van der Waals surface area contributed by atoms with Gasteiger partial charge in [0.1, 0.15) is 0 Å². The van der Waals surface area contributed by atoms with E-state index in [-0.39, 0.29) is 6.54 Å². The molecule has 8 heteroatoms. The van der Waals surface area contributed by atoms with E-state index in [2.05, 4.69) is 4.72 Å². The molecule has 1 fully saturated rings. The highest BCUT2D eigenvalue weighted by Gasteiger charge is 2.34. The van der Waals surface area contributed by atoms with Gasteiger partial charge in [-0.3, -0.25) is 0 Å². The Morgan fingerprint density at radius 2 is 1.83 bits per heavy atom. The highest BCUT2D eigenvalue weighted by molar-refractivity contribution is 7.87. The van der Waals surface area contributed by atoms with E-state index in [1.165, 1.54) is 19.2 Å². The van der Waals surface area contributed by atoms with Crippen molar-refractivity contribution in [3.8, 4) is 0 Å². The molecule has 1 aromatic rings. The van der Waals surface area contributed by atoms with Gasteiger partial charge in [0.2, 0.25) is 0 Å². The molecule has 1 aromatic carbocycles. The maximum Gasteiger partial charge on any atom is 0.416 e. The third-order valence-electron chi connectivity index (χ3n) is 2.78. The van der Waals surface area contributed by atoms with Crippen molar-refractivity contribution in [3.63, 3.8) is 0 Å². The van der Waals surface area contributed by atoms with Crippen molar-refractivity contribution in [2.45, 2.75) is 12.2 Å². The number of benzene rings is 1. The second kappa shape index (κ2) is 4.22. The van der Waals surface area contributed by atoms with Crippen LogP contribution in [0.15, 0.2) is 24.3 Å². The summed E-state index contributed by atoms with van der Waals surface area (Å²) in [6.45, 7) is 0.202. The van der Waals surface area contributed by atoms with E-state index in [0.717, 1.165) is 16.4 Å². The topological polar surface area (TPSA) is 49.4 Å². The summed E-state index contributed by atoms with van der Waals surface area (Å²) >= 11 is 0. The number of likely N-dealkylation sites (N-methyl/N-ethyl adjacent to an activating group) is 1. The Hall–Kier alpha value is -1.12. The van der Waals surface area contributed by atoms with Gasteiger partial charge < -0.3 is 0 Å². The minimum absolute atomic E-state index is 0.202. The molecule has 1 atom stereocenters. The molecule has 4 nitrogen and oxygen atoms in total. The summed E-state index contributed by atoms with van der Waals surface area (Å²) in [6, 6.07) is 3.95. The molecule has 1 aliphatic heterocycles. The van der Waals surface area contributed by atoms with E-state index < -0.39 is 28.0 Å². The van der Waals surface area contributed by atoms with Crippen LogP contribution in [-0.2, 0) is 16.4 Å². The second-order valence-electron chi connectivity index (χ2n) is 4.08. The molecule has 0 radical (unpaired) electrons. The van der Waals surface area contributed by atoms with Crippen molar-refractivity contribution in [1.29, 1.82) is 0 Å². The average molecular weight is 280 g/mol. The number of hydrogen-bond donors (Lipinski definition) is 1. The lowest BCUT2D eigenvalue weighted by atomic mass is 10.1. The monoisotopic (exact) mass is 280 g/mol. The van der Waals surface area contributed by atoms with E-state index in [1.807, 2.05) is 0 Å². The number of alkyl halides is 3. The van der Waals surface area contributed by atoms with E-state index >= 15 is 0 Å². The van der Waals surface area contributed by atoms with Gasteiger partial charge in [-0.1, -0.05) is 12.1 Å².